The molecule has 0 fully saturated rings. The number of aromatic carboxylic acids is 1. The highest BCUT2D eigenvalue weighted by molar-refractivity contribution is 6.03. The molecule has 0 bridgehead atoms. The van der Waals surface area contributed by atoms with Crippen molar-refractivity contribution in [3.05, 3.63) is 35.5 Å². The summed E-state index contributed by atoms with van der Waals surface area (Å²) in [7, 11) is 0. The summed E-state index contributed by atoms with van der Waals surface area (Å²) in [6, 6.07) is 5.54. The predicted molar refractivity (Wildman–Crippen MR) is 73.2 cm³/mol. The Hall–Kier alpha value is -1.77. The first kappa shape index (κ1) is 12.7. The fourth-order valence-electron chi connectivity index (χ4n) is 2.42. The third kappa shape index (κ3) is 2.13. The first-order valence-electron chi connectivity index (χ1n) is 6.53. The van der Waals surface area contributed by atoms with E-state index in [2.05, 4.69) is 13.1 Å². The molecule has 3 nitrogen and oxygen atoms in total. The van der Waals surface area contributed by atoms with Gasteiger partial charge in [0.15, 0.2) is 0 Å². The van der Waals surface area contributed by atoms with Crippen LogP contribution in [0.15, 0.2) is 24.4 Å². The molecule has 0 atom stereocenters. The van der Waals surface area contributed by atoms with Gasteiger partial charge in [0.05, 0.1) is 11.1 Å². The average molecular weight is 245 g/mol. The Morgan fingerprint density at radius 2 is 2.11 bits per heavy atom. The molecule has 0 saturated heterocycles. The minimum Gasteiger partial charge on any atom is -0.478 e. The van der Waals surface area contributed by atoms with Crippen molar-refractivity contribution in [2.75, 3.05) is 0 Å². The van der Waals surface area contributed by atoms with E-state index < -0.39 is 5.97 Å². The van der Waals surface area contributed by atoms with Crippen LogP contribution in [0.3, 0.4) is 0 Å². The fourth-order valence-corrected chi connectivity index (χ4v) is 2.42. The molecule has 0 spiro atoms. The molecular formula is C15H19NO2. The van der Waals surface area contributed by atoms with Crippen molar-refractivity contribution in [3.8, 4) is 0 Å². The predicted octanol–water partition coefficient (Wildman–Crippen LogP) is 3.70. The first-order chi connectivity index (χ1) is 8.69. The number of nitrogens with zero attached hydrogens (tertiary/aromatic N) is 1. The molecule has 3 heteroatoms. The number of fused-ring (bicyclic) bond motifs is 1. The van der Waals surface area contributed by atoms with Gasteiger partial charge in [-0.05, 0) is 31.4 Å². The second kappa shape index (κ2) is 5.25. The summed E-state index contributed by atoms with van der Waals surface area (Å²) < 4.78 is 2.05. The zero-order valence-electron chi connectivity index (χ0n) is 10.9. The Kier molecular flexibility index (Phi) is 3.70. The molecule has 0 unspecified atom stereocenters. The summed E-state index contributed by atoms with van der Waals surface area (Å²) in [6.45, 7) is 5.01. The highest BCUT2D eigenvalue weighted by Gasteiger charge is 2.14. The van der Waals surface area contributed by atoms with E-state index in [0.717, 1.165) is 36.7 Å². The minimum atomic E-state index is -0.851. The molecule has 0 amide bonds. The van der Waals surface area contributed by atoms with E-state index in [-0.39, 0.29) is 0 Å². The molecule has 1 aromatic carbocycles. The molecule has 18 heavy (non-hydrogen) atoms. The van der Waals surface area contributed by atoms with E-state index in [9.17, 15) is 9.90 Å². The van der Waals surface area contributed by atoms with Crippen LogP contribution in [0.1, 0.15) is 42.6 Å². The second-order valence-corrected chi connectivity index (χ2v) is 4.55. The quantitative estimate of drug-likeness (QED) is 0.872. The Labute approximate surface area is 107 Å². The highest BCUT2D eigenvalue weighted by atomic mass is 16.4. The van der Waals surface area contributed by atoms with Crippen LogP contribution in [0.5, 0.6) is 0 Å². The van der Waals surface area contributed by atoms with Crippen LogP contribution in [-0.2, 0) is 13.0 Å². The van der Waals surface area contributed by atoms with Crippen molar-refractivity contribution in [1.82, 2.24) is 4.57 Å². The monoisotopic (exact) mass is 245 g/mol. The Morgan fingerprint density at radius 3 is 2.72 bits per heavy atom. The van der Waals surface area contributed by atoms with E-state index in [0.29, 0.717) is 5.56 Å². The fraction of sp³-hybridized carbons (Fsp3) is 0.400. The summed E-state index contributed by atoms with van der Waals surface area (Å²) in [6.07, 6.45) is 5.41. The molecule has 0 saturated carbocycles. The molecule has 1 heterocycles. The number of benzene rings is 1. The number of unbranched alkanes of at least 4 members (excludes halogenated alkanes) is 1. The summed E-state index contributed by atoms with van der Waals surface area (Å²) in [4.78, 5) is 11.3. The molecule has 1 N–H and O–H groups in total. The summed E-state index contributed by atoms with van der Waals surface area (Å²) >= 11 is 0. The number of rotatable bonds is 5. The molecule has 0 aliphatic heterocycles. The molecular weight excluding hydrogens is 226 g/mol. The van der Waals surface area contributed by atoms with Gasteiger partial charge in [-0.15, -0.1) is 0 Å². The van der Waals surface area contributed by atoms with E-state index in [4.69, 9.17) is 0 Å². The Bertz CT molecular complexity index is 569. The summed E-state index contributed by atoms with van der Waals surface area (Å²) in [5.74, 6) is -0.851. The standard InChI is InChI=1S/C15H19NO2/c1-3-5-7-11-10-16(4-2)14-12(11)8-6-9-13(14)15(17)18/h6,8-10H,3-5,7H2,1-2H3,(H,17,18). The number of carbonyl (C=O) groups is 1. The summed E-state index contributed by atoms with van der Waals surface area (Å²) in [5.41, 5.74) is 2.52. The van der Waals surface area contributed by atoms with Gasteiger partial charge < -0.3 is 9.67 Å². The number of carboxylic acid groups (broad SMARTS) is 1. The van der Waals surface area contributed by atoms with Crippen molar-refractivity contribution in [1.29, 1.82) is 0 Å². The van der Waals surface area contributed by atoms with Gasteiger partial charge in [-0.1, -0.05) is 25.5 Å². The number of hydrogen-bond acceptors (Lipinski definition) is 1. The smallest absolute Gasteiger partial charge is 0.337 e. The largest absolute Gasteiger partial charge is 0.478 e. The zero-order valence-corrected chi connectivity index (χ0v) is 10.9. The van der Waals surface area contributed by atoms with E-state index in [1.54, 1.807) is 6.07 Å². The van der Waals surface area contributed by atoms with Crippen molar-refractivity contribution >= 4 is 16.9 Å². The lowest BCUT2D eigenvalue weighted by Crippen LogP contribution is -2.01. The van der Waals surface area contributed by atoms with Gasteiger partial charge in [0.2, 0.25) is 0 Å². The minimum absolute atomic E-state index is 0.400. The number of aromatic nitrogens is 1. The maximum atomic E-state index is 11.3. The molecule has 0 radical (unpaired) electrons. The maximum absolute atomic E-state index is 11.3. The van der Waals surface area contributed by atoms with Gasteiger partial charge in [0.1, 0.15) is 0 Å². The summed E-state index contributed by atoms with van der Waals surface area (Å²) in [5, 5.41) is 10.4. The molecule has 1 aromatic heterocycles. The van der Waals surface area contributed by atoms with Gasteiger partial charge in [0.25, 0.3) is 0 Å². The third-order valence-corrected chi connectivity index (χ3v) is 3.35. The SMILES string of the molecule is CCCCc1cn(CC)c2c(C(=O)O)cccc12. The molecule has 0 aliphatic rings. The zero-order chi connectivity index (χ0) is 13.1. The van der Waals surface area contributed by atoms with E-state index in [1.807, 2.05) is 23.6 Å². The van der Waals surface area contributed by atoms with Crippen LogP contribution in [0.2, 0.25) is 0 Å². The number of aryl methyl sites for hydroxylation is 2. The topological polar surface area (TPSA) is 42.2 Å². The maximum Gasteiger partial charge on any atom is 0.337 e. The van der Waals surface area contributed by atoms with Crippen molar-refractivity contribution in [3.63, 3.8) is 0 Å². The van der Waals surface area contributed by atoms with Crippen LogP contribution in [-0.4, -0.2) is 15.6 Å². The van der Waals surface area contributed by atoms with Gasteiger partial charge in [0, 0.05) is 18.1 Å². The van der Waals surface area contributed by atoms with E-state index in [1.165, 1.54) is 5.56 Å². The molecule has 2 aromatic rings. The molecule has 0 aliphatic carbocycles. The second-order valence-electron chi connectivity index (χ2n) is 4.55. The van der Waals surface area contributed by atoms with Gasteiger partial charge >= 0.3 is 5.97 Å². The van der Waals surface area contributed by atoms with Crippen molar-refractivity contribution in [2.45, 2.75) is 39.7 Å². The van der Waals surface area contributed by atoms with Crippen LogP contribution >= 0.6 is 0 Å². The Balaban J connectivity index is 2.63. The van der Waals surface area contributed by atoms with Gasteiger partial charge in [-0.3, -0.25) is 0 Å². The number of hydrogen-bond donors (Lipinski definition) is 1. The third-order valence-electron chi connectivity index (χ3n) is 3.35. The van der Waals surface area contributed by atoms with E-state index >= 15 is 0 Å². The highest BCUT2D eigenvalue weighted by Crippen LogP contribution is 2.26. The first-order valence-corrected chi connectivity index (χ1v) is 6.53. The molecule has 96 valence electrons. The van der Waals surface area contributed by atoms with Crippen molar-refractivity contribution in [2.24, 2.45) is 0 Å². The lowest BCUT2D eigenvalue weighted by molar-refractivity contribution is 0.0698. The van der Waals surface area contributed by atoms with Crippen molar-refractivity contribution < 1.29 is 9.90 Å². The normalized spacial score (nSPS) is 11.0. The van der Waals surface area contributed by atoms with Crippen LogP contribution < -0.4 is 0 Å². The number of para-hydroxylation sites is 1. The number of carboxylic acids is 1. The lowest BCUT2D eigenvalue weighted by Gasteiger charge is -2.03. The van der Waals surface area contributed by atoms with Crippen LogP contribution in [0.4, 0.5) is 0 Å². The van der Waals surface area contributed by atoms with Gasteiger partial charge in [-0.2, -0.15) is 0 Å². The van der Waals surface area contributed by atoms with Crippen LogP contribution in [0.25, 0.3) is 10.9 Å². The van der Waals surface area contributed by atoms with Gasteiger partial charge in [-0.25, -0.2) is 4.79 Å². The van der Waals surface area contributed by atoms with Crippen LogP contribution in [0, 0.1) is 0 Å². The lowest BCUT2D eigenvalue weighted by atomic mass is 10.1. The Morgan fingerprint density at radius 1 is 1.33 bits per heavy atom. The average Bonchev–Trinajstić information content (AvgIpc) is 2.74. The molecule has 2 rings (SSSR count).